The molecule has 0 radical (unpaired) electrons. The van der Waals surface area contributed by atoms with Gasteiger partial charge in [-0.3, -0.25) is 9.59 Å². The lowest BCUT2D eigenvalue weighted by atomic mass is 9.98. The standard InChI is InChI=1S/C20H28ClN3O2.ClH/c1-12(2)8-19(25)23-15-6-7-18(21)17(11-15)20(26)24(3)16-9-13-4-5-14(10-16)22-13;/h6-7,11-14,16,22H,4-5,8-10H2,1-3H3,(H,23,25);1H. The Morgan fingerprint density at radius 1 is 1.26 bits per heavy atom. The summed E-state index contributed by atoms with van der Waals surface area (Å²) in [6, 6.07) is 6.38. The Morgan fingerprint density at radius 3 is 2.48 bits per heavy atom. The molecule has 27 heavy (non-hydrogen) atoms. The molecule has 0 aromatic heterocycles. The molecule has 0 aliphatic carbocycles. The summed E-state index contributed by atoms with van der Waals surface area (Å²) in [6.45, 7) is 4.00. The molecule has 7 heteroatoms. The van der Waals surface area contributed by atoms with Gasteiger partial charge in [-0.1, -0.05) is 25.4 Å². The summed E-state index contributed by atoms with van der Waals surface area (Å²) >= 11 is 6.29. The van der Waals surface area contributed by atoms with E-state index in [9.17, 15) is 9.59 Å². The molecular weight excluding hydrogens is 385 g/mol. The van der Waals surface area contributed by atoms with Crippen molar-refractivity contribution in [2.24, 2.45) is 5.92 Å². The molecule has 150 valence electrons. The number of nitrogens with one attached hydrogen (secondary N) is 2. The van der Waals surface area contributed by atoms with Gasteiger partial charge in [0.25, 0.3) is 5.91 Å². The number of carbonyl (C=O) groups excluding carboxylic acids is 2. The second-order valence-corrected chi connectivity index (χ2v) is 8.43. The minimum atomic E-state index is -0.0822. The molecule has 2 unspecified atom stereocenters. The van der Waals surface area contributed by atoms with Crippen molar-refractivity contribution < 1.29 is 9.59 Å². The van der Waals surface area contributed by atoms with E-state index >= 15 is 0 Å². The van der Waals surface area contributed by atoms with E-state index in [4.69, 9.17) is 11.6 Å². The third kappa shape index (κ3) is 5.37. The first-order chi connectivity index (χ1) is 12.3. The maximum Gasteiger partial charge on any atom is 0.255 e. The van der Waals surface area contributed by atoms with Gasteiger partial charge in [0, 0.05) is 37.3 Å². The quantitative estimate of drug-likeness (QED) is 0.763. The van der Waals surface area contributed by atoms with Gasteiger partial charge in [-0.25, -0.2) is 0 Å². The maximum atomic E-state index is 13.0. The van der Waals surface area contributed by atoms with Crippen LogP contribution in [0.25, 0.3) is 0 Å². The number of benzene rings is 1. The lowest BCUT2D eigenvalue weighted by molar-refractivity contribution is -0.116. The molecule has 2 aliphatic heterocycles. The summed E-state index contributed by atoms with van der Waals surface area (Å²) in [5.41, 5.74) is 1.06. The van der Waals surface area contributed by atoms with Crippen molar-refractivity contribution in [1.82, 2.24) is 10.2 Å². The van der Waals surface area contributed by atoms with Crippen LogP contribution < -0.4 is 10.6 Å². The summed E-state index contributed by atoms with van der Waals surface area (Å²) in [6.07, 6.45) is 4.81. The zero-order chi connectivity index (χ0) is 18.8. The van der Waals surface area contributed by atoms with Gasteiger partial charge in [-0.15, -0.1) is 12.4 Å². The van der Waals surface area contributed by atoms with E-state index in [1.807, 2.05) is 25.8 Å². The largest absolute Gasteiger partial charge is 0.339 e. The number of amides is 2. The van der Waals surface area contributed by atoms with Crippen molar-refractivity contribution >= 4 is 41.5 Å². The van der Waals surface area contributed by atoms with Crippen LogP contribution in [-0.4, -0.2) is 41.9 Å². The molecule has 0 saturated carbocycles. The lowest BCUT2D eigenvalue weighted by Crippen LogP contribution is -2.48. The molecule has 1 aromatic rings. The molecule has 2 amide bonds. The summed E-state index contributed by atoms with van der Waals surface area (Å²) in [5, 5.41) is 6.88. The molecule has 2 fully saturated rings. The van der Waals surface area contributed by atoms with Crippen LogP contribution in [-0.2, 0) is 4.79 Å². The monoisotopic (exact) mass is 413 g/mol. The van der Waals surface area contributed by atoms with E-state index in [-0.39, 0.29) is 36.2 Å². The van der Waals surface area contributed by atoms with Crippen molar-refractivity contribution in [2.45, 2.75) is 64.1 Å². The summed E-state index contributed by atoms with van der Waals surface area (Å²) in [5.74, 6) is 0.148. The fraction of sp³-hybridized carbons (Fsp3) is 0.600. The van der Waals surface area contributed by atoms with Crippen LogP contribution in [0.2, 0.25) is 5.02 Å². The first-order valence-corrected chi connectivity index (χ1v) is 9.84. The van der Waals surface area contributed by atoms with E-state index in [0.29, 0.717) is 34.8 Å². The van der Waals surface area contributed by atoms with E-state index in [1.165, 1.54) is 12.8 Å². The van der Waals surface area contributed by atoms with Crippen molar-refractivity contribution in [3.05, 3.63) is 28.8 Å². The third-order valence-corrected chi connectivity index (χ3v) is 5.72. The van der Waals surface area contributed by atoms with Crippen LogP contribution in [0.4, 0.5) is 5.69 Å². The number of fused-ring (bicyclic) bond motifs is 2. The van der Waals surface area contributed by atoms with E-state index in [0.717, 1.165) is 12.8 Å². The Bertz CT molecular complexity index is 684. The fourth-order valence-electron chi connectivity index (χ4n) is 4.05. The number of anilines is 1. The molecule has 2 atom stereocenters. The smallest absolute Gasteiger partial charge is 0.255 e. The Labute approximate surface area is 172 Å². The van der Waals surface area contributed by atoms with Crippen LogP contribution in [0.3, 0.4) is 0 Å². The van der Waals surface area contributed by atoms with Crippen LogP contribution in [0.5, 0.6) is 0 Å². The van der Waals surface area contributed by atoms with Crippen molar-refractivity contribution in [3.63, 3.8) is 0 Å². The van der Waals surface area contributed by atoms with Crippen LogP contribution in [0.15, 0.2) is 18.2 Å². The Morgan fingerprint density at radius 2 is 1.89 bits per heavy atom. The number of hydrogen-bond acceptors (Lipinski definition) is 3. The van der Waals surface area contributed by atoms with Gasteiger partial charge in [0.05, 0.1) is 10.6 Å². The van der Waals surface area contributed by atoms with Crippen LogP contribution in [0.1, 0.15) is 56.3 Å². The number of carbonyl (C=O) groups is 2. The van der Waals surface area contributed by atoms with Crippen LogP contribution >= 0.6 is 24.0 Å². The second kappa shape index (κ2) is 9.26. The first kappa shape index (κ1) is 22.0. The van der Waals surface area contributed by atoms with Crippen molar-refractivity contribution in [2.75, 3.05) is 12.4 Å². The topological polar surface area (TPSA) is 61.4 Å². The first-order valence-electron chi connectivity index (χ1n) is 9.46. The van der Waals surface area contributed by atoms with Gasteiger partial charge >= 0.3 is 0 Å². The highest BCUT2D eigenvalue weighted by atomic mass is 35.5. The van der Waals surface area contributed by atoms with Gasteiger partial charge in [0.2, 0.25) is 5.91 Å². The molecule has 0 spiro atoms. The Kier molecular flexibility index (Phi) is 7.55. The molecule has 2 saturated heterocycles. The lowest BCUT2D eigenvalue weighted by Gasteiger charge is -2.35. The highest BCUT2D eigenvalue weighted by Crippen LogP contribution is 2.31. The maximum absolute atomic E-state index is 13.0. The number of halogens is 2. The van der Waals surface area contributed by atoms with Gasteiger partial charge in [-0.2, -0.15) is 0 Å². The Hall–Kier alpha value is -1.30. The number of piperidine rings is 1. The summed E-state index contributed by atoms with van der Waals surface area (Å²) in [7, 11) is 1.86. The third-order valence-electron chi connectivity index (χ3n) is 5.39. The minimum absolute atomic E-state index is 0. The van der Waals surface area contributed by atoms with E-state index in [1.54, 1.807) is 18.2 Å². The normalized spacial score (nSPS) is 23.7. The number of rotatable bonds is 5. The highest BCUT2D eigenvalue weighted by Gasteiger charge is 2.36. The predicted octanol–water partition coefficient (Wildman–Crippen LogP) is 4.10. The average molecular weight is 414 g/mol. The Balaban J connectivity index is 0.00000261. The van der Waals surface area contributed by atoms with Crippen molar-refractivity contribution in [3.8, 4) is 0 Å². The summed E-state index contributed by atoms with van der Waals surface area (Å²) in [4.78, 5) is 26.9. The molecule has 2 N–H and O–H groups in total. The van der Waals surface area contributed by atoms with Gasteiger partial charge in [0.15, 0.2) is 0 Å². The molecular formula is C20H29Cl2N3O2. The van der Waals surface area contributed by atoms with E-state index in [2.05, 4.69) is 10.6 Å². The number of hydrogen-bond donors (Lipinski definition) is 2. The van der Waals surface area contributed by atoms with Gasteiger partial charge < -0.3 is 15.5 Å². The predicted molar refractivity (Wildman–Crippen MR) is 112 cm³/mol. The SMILES string of the molecule is CC(C)CC(=O)Nc1ccc(Cl)c(C(=O)N(C)C2CC3CCC(C2)N3)c1.Cl. The zero-order valence-electron chi connectivity index (χ0n) is 16.1. The van der Waals surface area contributed by atoms with Crippen molar-refractivity contribution in [1.29, 1.82) is 0 Å². The van der Waals surface area contributed by atoms with Gasteiger partial charge in [-0.05, 0) is 49.8 Å². The minimum Gasteiger partial charge on any atom is -0.339 e. The molecule has 5 nitrogen and oxygen atoms in total. The zero-order valence-corrected chi connectivity index (χ0v) is 17.7. The molecule has 2 aliphatic rings. The molecule has 3 rings (SSSR count). The van der Waals surface area contributed by atoms with Gasteiger partial charge in [0.1, 0.15) is 0 Å². The second-order valence-electron chi connectivity index (χ2n) is 8.02. The van der Waals surface area contributed by atoms with E-state index < -0.39 is 0 Å². The average Bonchev–Trinajstić information content (AvgIpc) is 2.92. The molecule has 2 heterocycles. The summed E-state index contributed by atoms with van der Waals surface area (Å²) < 4.78 is 0. The fourth-order valence-corrected chi connectivity index (χ4v) is 4.25. The number of nitrogens with zero attached hydrogens (tertiary/aromatic N) is 1. The van der Waals surface area contributed by atoms with Crippen LogP contribution in [0, 0.1) is 5.92 Å². The highest BCUT2D eigenvalue weighted by molar-refractivity contribution is 6.34. The molecule has 1 aromatic carbocycles. The molecule has 2 bridgehead atoms.